The van der Waals surface area contributed by atoms with Gasteiger partial charge in [-0.05, 0) is 48.3 Å². The van der Waals surface area contributed by atoms with Gasteiger partial charge in [-0.15, -0.1) is 0 Å². The van der Waals surface area contributed by atoms with Crippen LogP contribution in [0.25, 0.3) is 5.57 Å². The fourth-order valence-electron chi connectivity index (χ4n) is 4.94. The average molecular weight is 470 g/mol. The number of rotatable bonds is 5. The van der Waals surface area contributed by atoms with Gasteiger partial charge in [0, 0.05) is 29.6 Å². The summed E-state index contributed by atoms with van der Waals surface area (Å²) in [5.41, 5.74) is 4.89. The molecule has 0 amide bonds. The van der Waals surface area contributed by atoms with E-state index in [-0.39, 0.29) is 11.2 Å². The van der Waals surface area contributed by atoms with E-state index >= 15 is 0 Å². The van der Waals surface area contributed by atoms with E-state index in [1.54, 1.807) is 16.4 Å². The van der Waals surface area contributed by atoms with Gasteiger partial charge in [0.15, 0.2) is 5.78 Å². The Morgan fingerprint density at radius 2 is 1.50 bits per heavy atom. The van der Waals surface area contributed by atoms with Crippen LogP contribution in [0, 0.1) is 12.3 Å². The van der Waals surface area contributed by atoms with Crippen molar-refractivity contribution in [2.24, 2.45) is 5.41 Å². The summed E-state index contributed by atoms with van der Waals surface area (Å²) >= 11 is 0. The van der Waals surface area contributed by atoms with Crippen LogP contribution in [0.3, 0.4) is 0 Å². The van der Waals surface area contributed by atoms with Gasteiger partial charge in [0.25, 0.3) is 0 Å². The fourth-order valence-corrected chi connectivity index (χ4v) is 6.48. The highest BCUT2D eigenvalue weighted by atomic mass is 32.2. The van der Waals surface area contributed by atoms with Crippen molar-refractivity contribution >= 4 is 21.4 Å². The Labute approximate surface area is 201 Å². The van der Waals surface area contributed by atoms with Crippen LogP contribution in [0.4, 0.5) is 0 Å². The summed E-state index contributed by atoms with van der Waals surface area (Å²) < 4.78 is 28.4. The van der Waals surface area contributed by atoms with E-state index in [0.29, 0.717) is 35.5 Å². The van der Waals surface area contributed by atoms with Gasteiger partial charge >= 0.3 is 0 Å². The lowest BCUT2D eigenvalue weighted by molar-refractivity contribution is 0.103. The third-order valence-electron chi connectivity index (χ3n) is 6.92. The summed E-state index contributed by atoms with van der Waals surface area (Å²) in [7, 11) is -3.63. The normalized spacial score (nSPS) is 20.7. The maximum atomic E-state index is 13.6. The van der Waals surface area contributed by atoms with Crippen LogP contribution < -0.4 is 0 Å². The lowest BCUT2D eigenvalue weighted by Crippen LogP contribution is -2.31. The van der Waals surface area contributed by atoms with Crippen molar-refractivity contribution in [2.75, 3.05) is 13.1 Å². The molecule has 0 N–H and O–H groups in total. The second-order valence-corrected chi connectivity index (χ2v) is 11.4. The Bertz CT molecular complexity index is 1410. The first-order valence-corrected chi connectivity index (χ1v) is 12.9. The smallest absolute Gasteiger partial charge is 0.243 e. The molecular formula is C29H27NO3S. The molecule has 3 aromatic carbocycles. The minimum absolute atomic E-state index is 0.0335. The van der Waals surface area contributed by atoms with Crippen LogP contribution in [0.15, 0.2) is 107 Å². The molecule has 1 aliphatic carbocycles. The largest absolute Gasteiger partial charge is 0.289 e. The lowest BCUT2D eigenvalue weighted by Gasteiger charge is -2.32. The third kappa shape index (κ3) is 3.95. The van der Waals surface area contributed by atoms with Crippen molar-refractivity contribution < 1.29 is 13.2 Å². The number of hydrogen-bond acceptors (Lipinski definition) is 3. The van der Waals surface area contributed by atoms with E-state index in [1.807, 2.05) is 85.8 Å². The molecule has 4 nitrogen and oxygen atoms in total. The quantitative estimate of drug-likeness (QED) is 0.452. The van der Waals surface area contributed by atoms with Crippen molar-refractivity contribution in [3.05, 3.63) is 119 Å². The van der Waals surface area contributed by atoms with Crippen LogP contribution in [-0.2, 0) is 10.0 Å². The summed E-state index contributed by atoms with van der Waals surface area (Å²) in [6.07, 6.45) is 2.56. The highest BCUT2D eigenvalue weighted by molar-refractivity contribution is 7.89. The molecule has 0 spiro atoms. The third-order valence-corrected chi connectivity index (χ3v) is 8.73. The molecular weight excluding hydrogens is 442 g/mol. The number of hydrogen-bond donors (Lipinski definition) is 0. The molecule has 1 heterocycles. The monoisotopic (exact) mass is 469 g/mol. The van der Waals surface area contributed by atoms with E-state index in [2.05, 4.69) is 6.92 Å². The van der Waals surface area contributed by atoms with Crippen molar-refractivity contribution in [3.8, 4) is 0 Å². The second kappa shape index (κ2) is 8.49. The van der Waals surface area contributed by atoms with Gasteiger partial charge in [-0.25, -0.2) is 8.42 Å². The molecule has 0 aromatic heterocycles. The molecule has 3 aromatic rings. The Kier molecular flexibility index (Phi) is 5.62. The van der Waals surface area contributed by atoms with Crippen LogP contribution in [0.2, 0.25) is 0 Å². The highest BCUT2D eigenvalue weighted by Gasteiger charge is 2.46. The summed E-state index contributed by atoms with van der Waals surface area (Å²) in [4.78, 5) is 13.9. The second-order valence-electron chi connectivity index (χ2n) is 9.45. The standard InChI is InChI=1S/C29H27NO3S/c1-21-13-15-25(16-14-21)34(32,33)30-19-24-17-26(28(31)23-11-7-4-8-12-23)27(18-29(24,2)20-30)22-9-5-3-6-10-22/h3-17H,18-20H2,1-2H3/t29-/m1/s1. The number of Topliss-reactive ketones (excluding diaryl/α,β-unsaturated/α-hetero) is 1. The zero-order chi connectivity index (χ0) is 23.9. The maximum Gasteiger partial charge on any atom is 0.243 e. The number of fused-ring (bicyclic) bond motifs is 1. The number of carbonyl (C=O) groups excluding carboxylic acids is 1. The number of benzene rings is 3. The van der Waals surface area contributed by atoms with Crippen molar-refractivity contribution in [3.63, 3.8) is 0 Å². The minimum Gasteiger partial charge on any atom is -0.289 e. The van der Waals surface area contributed by atoms with Crippen molar-refractivity contribution in [1.82, 2.24) is 4.31 Å². The molecule has 34 heavy (non-hydrogen) atoms. The molecule has 0 bridgehead atoms. The van der Waals surface area contributed by atoms with Crippen LogP contribution in [0.5, 0.6) is 0 Å². The maximum absolute atomic E-state index is 13.6. The van der Waals surface area contributed by atoms with Gasteiger partial charge < -0.3 is 0 Å². The summed E-state index contributed by atoms with van der Waals surface area (Å²) in [5.74, 6) is -0.0335. The molecule has 5 rings (SSSR count). The van der Waals surface area contributed by atoms with Crippen LogP contribution in [-0.4, -0.2) is 31.6 Å². The lowest BCUT2D eigenvalue weighted by atomic mass is 9.71. The fraction of sp³-hybridized carbons (Fsp3) is 0.207. The molecule has 1 saturated heterocycles. The number of allylic oxidation sites excluding steroid dienone is 3. The number of sulfonamides is 1. The number of carbonyl (C=O) groups is 1. The number of nitrogens with zero attached hydrogens (tertiary/aromatic N) is 1. The van der Waals surface area contributed by atoms with E-state index < -0.39 is 10.0 Å². The zero-order valence-corrected chi connectivity index (χ0v) is 20.2. The minimum atomic E-state index is -3.63. The van der Waals surface area contributed by atoms with Gasteiger partial charge in [0.1, 0.15) is 0 Å². The van der Waals surface area contributed by atoms with E-state index in [0.717, 1.165) is 22.3 Å². The molecule has 0 unspecified atom stereocenters. The zero-order valence-electron chi connectivity index (χ0n) is 19.4. The predicted molar refractivity (Wildman–Crippen MR) is 135 cm³/mol. The van der Waals surface area contributed by atoms with Crippen LogP contribution >= 0.6 is 0 Å². The molecule has 1 aliphatic heterocycles. The van der Waals surface area contributed by atoms with Gasteiger partial charge in [-0.2, -0.15) is 4.31 Å². The topological polar surface area (TPSA) is 54.5 Å². The van der Waals surface area contributed by atoms with Crippen molar-refractivity contribution in [2.45, 2.75) is 25.2 Å². The first-order valence-electron chi connectivity index (χ1n) is 11.4. The summed E-state index contributed by atoms with van der Waals surface area (Å²) in [6, 6.07) is 26.2. The Morgan fingerprint density at radius 1 is 0.882 bits per heavy atom. The molecule has 2 aliphatic rings. The summed E-state index contributed by atoms with van der Waals surface area (Å²) in [5, 5.41) is 0. The molecule has 172 valence electrons. The van der Waals surface area contributed by atoms with Gasteiger partial charge in [0.2, 0.25) is 10.0 Å². The SMILES string of the molecule is Cc1ccc(S(=O)(=O)N2CC3=CC(C(=O)c4ccccc4)=C(c4ccccc4)C[C@]3(C)C2)cc1. The van der Waals surface area contributed by atoms with E-state index in [1.165, 1.54) is 0 Å². The Balaban J connectivity index is 1.56. The molecule has 1 atom stereocenters. The predicted octanol–water partition coefficient (Wildman–Crippen LogP) is 5.67. The highest BCUT2D eigenvalue weighted by Crippen LogP contribution is 2.49. The van der Waals surface area contributed by atoms with E-state index in [9.17, 15) is 13.2 Å². The summed E-state index contributed by atoms with van der Waals surface area (Å²) in [6.45, 7) is 4.73. The van der Waals surface area contributed by atoms with E-state index in [4.69, 9.17) is 0 Å². The number of ketones is 1. The van der Waals surface area contributed by atoms with Gasteiger partial charge in [0.05, 0.1) is 4.90 Å². The molecule has 5 heteroatoms. The Hall–Kier alpha value is -3.28. The van der Waals surface area contributed by atoms with Gasteiger partial charge in [-0.3, -0.25) is 4.79 Å². The van der Waals surface area contributed by atoms with Crippen LogP contribution in [0.1, 0.15) is 34.8 Å². The number of aryl methyl sites for hydroxylation is 1. The average Bonchev–Trinajstić information content (AvgIpc) is 3.21. The Morgan fingerprint density at radius 3 is 2.15 bits per heavy atom. The molecule has 0 saturated carbocycles. The first kappa shape index (κ1) is 22.5. The first-order chi connectivity index (χ1) is 16.3. The van der Waals surface area contributed by atoms with Gasteiger partial charge in [-0.1, -0.05) is 85.3 Å². The van der Waals surface area contributed by atoms with Crippen molar-refractivity contribution in [1.29, 1.82) is 0 Å². The molecule has 0 radical (unpaired) electrons. The molecule has 1 fully saturated rings.